The molecule has 0 fully saturated rings. The molecule has 102 valence electrons. The molecule has 1 N–H and O–H groups in total. The summed E-state index contributed by atoms with van der Waals surface area (Å²) in [5.74, 6) is 0. The van der Waals surface area contributed by atoms with Crippen LogP contribution >= 0.6 is 0 Å². The SMILES string of the molecule is CC1(OCCO)C2=[C](CC=C2)[Zr+2][C]2=C1C=CC2.[Cl-].[Cl-]. The number of halogens is 2. The van der Waals surface area contributed by atoms with E-state index in [0.29, 0.717) is 6.61 Å². The molecule has 3 aliphatic rings. The molecule has 1 aliphatic heterocycles. The maximum absolute atomic E-state index is 9.01. The quantitative estimate of drug-likeness (QED) is 0.548. The third-order valence-corrected chi connectivity index (χ3v) is 7.49. The van der Waals surface area contributed by atoms with Crippen LogP contribution in [0.3, 0.4) is 0 Å². The number of rotatable bonds is 3. The zero-order chi connectivity index (χ0) is 11.9. The summed E-state index contributed by atoms with van der Waals surface area (Å²) < 4.78 is 9.33. The zero-order valence-corrected chi connectivity index (χ0v) is 14.7. The van der Waals surface area contributed by atoms with Crippen molar-refractivity contribution in [3.05, 3.63) is 42.0 Å². The fourth-order valence-electron chi connectivity index (χ4n) is 2.87. The van der Waals surface area contributed by atoms with Gasteiger partial charge in [0.1, 0.15) is 0 Å². The molecule has 2 aliphatic carbocycles. The summed E-state index contributed by atoms with van der Waals surface area (Å²) in [5.41, 5.74) is 2.48. The molecule has 0 saturated carbocycles. The van der Waals surface area contributed by atoms with Crippen molar-refractivity contribution in [1.29, 1.82) is 0 Å². The molecular formula is C14H16Cl2O2Zr. The van der Waals surface area contributed by atoms with Crippen LogP contribution in [0.15, 0.2) is 42.0 Å². The smallest absolute Gasteiger partial charge is 1.00 e. The molecule has 2 nitrogen and oxygen atoms in total. The Morgan fingerprint density at radius 1 is 1.16 bits per heavy atom. The van der Waals surface area contributed by atoms with Crippen molar-refractivity contribution < 1.29 is 57.9 Å². The van der Waals surface area contributed by atoms with E-state index in [1.54, 1.807) is 6.56 Å². The van der Waals surface area contributed by atoms with Gasteiger partial charge >= 0.3 is 114 Å². The molecule has 0 atom stereocenters. The average Bonchev–Trinajstić information content (AvgIpc) is 2.95. The van der Waals surface area contributed by atoms with Crippen molar-refractivity contribution in [2.75, 3.05) is 13.2 Å². The molecule has 0 bridgehead atoms. The third-order valence-electron chi connectivity index (χ3n) is 3.67. The molecule has 0 aromatic heterocycles. The van der Waals surface area contributed by atoms with Crippen molar-refractivity contribution in [3.8, 4) is 0 Å². The maximum Gasteiger partial charge on any atom is -1.00 e. The topological polar surface area (TPSA) is 29.5 Å². The van der Waals surface area contributed by atoms with Gasteiger partial charge in [-0.25, -0.2) is 0 Å². The second kappa shape index (κ2) is 6.87. The normalized spacial score (nSPS) is 21.2. The van der Waals surface area contributed by atoms with Gasteiger partial charge in [0, 0.05) is 0 Å². The number of aliphatic hydroxyl groups is 1. The Bertz CT molecular complexity index is 442. The number of aliphatic hydroxyl groups excluding tert-OH is 1. The Morgan fingerprint density at radius 3 is 2.16 bits per heavy atom. The number of hydrogen-bond acceptors (Lipinski definition) is 2. The Balaban J connectivity index is 0.000000902. The van der Waals surface area contributed by atoms with E-state index in [1.807, 2.05) is 0 Å². The Labute approximate surface area is 138 Å². The van der Waals surface area contributed by atoms with E-state index in [2.05, 4.69) is 31.2 Å². The van der Waals surface area contributed by atoms with Gasteiger partial charge in [-0.15, -0.1) is 0 Å². The molecule has 0 unspecified atom stereocenters. The molecule has 0 radical (unpaired) electrons. The molecule has 0 amide bonds. The zero-order valence-electron chi connectivity index (χ0n) is 10.7. The minimum atomic E-state index is -0.533. The van der Waals surface area contributed by atoms with Crippen LogP contribution < -0.4 is 24.8 Å². The average molecular weight is 378 g/mol. The molecule has 1 heterocycles. The first kappa shape index (κ1) is 17.4. The van der Waals surface area contributed by atoms with Gasteiger partial charge in [-0.1, -0.05) is 0 Å². The van der Waals surface area contributed by atoms with Crippen LogP contribution in [-0.2, 0) is 28.0 Å². The first-order valence-corrected chi connectivity index (χ1v) is 8.53. The minimum absolute atomic E-state index is 0. The van der Waals surface area contributed by atoms with Crippen LogP contribution in [0.25, 0.3) is 0 Å². The van der Waals surface area contributed by atoms with Crippen LogP contribution in [0.5, 0.6) is 0 Å². The standard InChI is InChI=1S/C14H16O2.2ClH.Zr/c1-14(16-11-10-15,12-6-2-3-7-12)13-8-4-5-9-13;;;/h2,4,6,8,15H,3,5,10-11H2,1H3;2*1H;/q;;;+2/p-2. The van der Waals surface area contributed by atoms with Crippen LogP contribution in [0, 0.1) is 0 Å². The monoisotopic (exact) mass is 376 g/mol. The van der Waals surface area contributed by atoms with Gasteiger partial charge < -0.3 is 24.8 Å². The summed E-state index contributed by atoms with van der Waals surface area (Å²) in [6.45, 7) is 2.67. The van der Waals surface area contributed by atoms with Gasteiger partial charge in [-0.05, 0) is 0 Å². The van der Waals surface area contributed by atoms with Crippen molar-refractivity contribution >= 4 is 0 Å². The Hall–Kier alpha value is 0.343. The molecular weight excluding hydrogens is 362 g/mol. The molecule has 5 heteroatoms. The maximum atomic E-state index is 9.01. The van der Waals surface area contributed by atoms with Crippen LogP contribution in [-0.4, -0.2) is 23.9 Å². The fourth-order valence-corrected chi connectivity index (χ4v) is 7.09. The van der Waals surface area contributed by atoms with Crippen molar-refractivity contribution in [2.45, 2.75) is 25.4 Å². The molecule has 19 heavy (non-hydrogen) atoms. The molecule has 0 aromatic carbocycles. The summed E-state index contributed by atoms with van der Waals surface area (Å²) in [6.07, 6.45) is 11.3. The second-order valence-corrected chi connectivity index (χ2v) is 8.31. The Kier molecular flexibility index (Phi) is 6.29. The van der Waals surface area contributed by atoms with Gasteiger partial charge in [0.15, 0.2) is 0 Å². The molecule has 0 aromatic rings. The molecule has 3 rings (SSSR count). The molecule has 0 spiro atoms. The van der Waals surface area contributed by atoms with Gasteiger partial charge in [0.05, 0.1) is 0 Å². The van der Waals surface area contributed by atoms with E-state index in [0.717, 1.165) is 12.8 Å². The minimum Gasteiger partial charge on any atom is -1.00 e. The predicted octanol–water partition coefficient (Wildman–Crippen LogP) is -3.71. The van der Waals surface area contributed by atoms with Crippen LogP contribution in [0.2, 0.25) is 0 Å². The first-order valence-electron chi connectivity index (χ1n) is 6.08. The summed E-state index contributed by atoms with van der Waals surface area (Å²) in [4.78, 5) is 0. The van der Waals surface area contributed by atoms with Crippen molar-refractivity contribution in [3.63, 3.8) is 0 Å². The van der Waals surface area contributed by atoms with Gasteiger partial charge in [-0.3, -0.25) is 0 Å². The number of allylic oxidation sites excluding steroid dienone is 4. The number of ether oxygens (including phenoxy) is 1. The van der Waals surface area contributed by atoms with E-state index < -0.39 is 23.2 Å². The van der Waals surface area contributed by atoms with Crippen LogP contribution in [0.1, 0.15) is 19.8 Å². The van der Waals surface area contributed by atoms with E-state index in [9.17, 15) is 0 Å². The van der Waals surface area contributed by atoms with E-state index in [4.69, 9.17) is 9.84 Å². The van der Waals surface area contributed by atoms with E-state index in [1.165, 1.54) is 11.1 Å². The van der Waals surface area contributed by atoms with E-state index in [-0.39, 0.29) is 37.0 Å². The van der Waals surface area contributed by atoms with E-state index >= 15 is 0 Å². The Morgan fingerprint density at radius 2 is 1.68 bits per heavy atom. The van der Waals surface area contributed by atoms with Gasteiger partial charge in [-0.2, -0.15) is 0 Å². The first-order chi connectivity index (χ1) is 8.25. The summed E-state index contributed by atoms with van der Waals surface area (Å²) in [6, 6.07) is 0. The van der Waals surface area contributed by atoms with Crippen molar-refractivity contribution in [2.24, 2.45) is 0 Å². The summed E-state index contributed by atoms with van der Waals surface area (Å²) >= 11 is -0.533. The van der Waals surface area contributed by atoms with Gasteiger partial charge in [0.2, 0.25) is 0 Å². The van der Waals surface area contributed by atoms with Crippen molar-refractivity contribution in [1.82, 2.24) is 0 Å². The molecule has 0 saturated heterocycles. The predicted molar refractivity (Wildman–Crippen MR) is 63.0 cm³/mol. The second-order valence-electron chi connectivity index (χ2n) is 4.73. The van der Waals surface area contributed by atoms with Gasteiger partial charge in [0.25, 0.3) is 0 Å². The van der Waals surface area contributed by atoms with Crippen LogP contribution in [0.4, 0.5) is 0 Å². The fraction of sp³-hybridized carbons (Fsp3) is 0.429. The number of hydrogen-bond donors (Lipinski definition) is 1. The largest absolute Gasteiger partial charge is 1.00 e. The third kappa shape index (κ3) is 2.87. The summed E-state index contributed by atoms with van der Waals surface area (Å²) in [5, 5.41) is 9.01. The summed E-state index contributed by atoms with van der Waals surface area (Å²) in [7, 11) is 0.